The van der Waals surface area contributed by atoms with E-state index in [0.29, 0.717) is 17.2 Å². The molecule has 1 aromatic heterocycles. The standard InChI is InChI=1S/C11H12N2O2S/c1-8(11(14)15)6-16-7-9-2-3-13-10(4-9)5-12/h2-4,8H,6-7H2,1H3,(H,14,15). The van der Waals surface area contributed by atoms with Gasteiger partial charge in [-0.3, -0.25) is 4.79 Å². The minimum absolute atomic E-state index is 0.345. The summed E-state index contributed by atoms with van der Waals surface area (Å²) in [6, 6.07) is 5.52. The van der Waals surface area contributed by atoms with Gasteiger partial charge in [0.05, 0.1) is 5.92 Å². The topological polar surface area (TPSA) is 74.0 Å². The largest absolute Gasteiger partial charge is 0.481 e. The highest BCUT2D eigenvalue weighted by atomic mass is 32.2. The summed E-state index contributed by atoms with van der Waals surface area (Å²) in [6.45, 7) is 1.68. The maximum absolute atomic E-state index is 10.6. The fourth-order valence-corrected chi connectivity index (χ4v) is 2.08. The van der Waals surface area contributed by atoms with Crippen LogP contribution in [0.4, 0.5) is 0 Å². The minimum Gasteiger partial charge on any atom is -0.481 e. The van der Waals surface area contributed by atoms with Crippen molar-refractivity contribution in [2.24, 2.45) is 5.92 Å². The minimum atomic E-state index is -0.778. The third-order valence-electron chi connectivity index (χ3n) is 2.00. The van der Waals surface area contributed by atoms with E-state index in [1.807, 2.05) is 12.1 Å². The molecule has 1 N–H and O–H groups in total. The summed E-state index contributed by atoms with van der Waals surface area (Å²) < 4.78 is 0. The van der Waals surface area contributed by atoms with Gasteiger partial charge in [-0.15, -0.1) is 0 Å². The van der Waals surface area contributed by atoms with Crippen LogP contribution in [0.1, 0.15) is 18.2 Å². The number of hydrogen-bond donors (Lipinski definition) is 1. The molecule has 5 heteroatoms. The summed E-state index contributed by atoms with van der Waals surface area (Å²) in [5.74, 6) is 0.149. The van der Waals surface area contributed by atoms with E-state index in [2.05, 4.69) is 4.98 Å². The molecule has 0 aromatic carbocycles. The SMILES string of the molecule is CC(CSCc1ccnc(C#N)c1)C(=O)O. The molecule has 4 nitrogen and oxygen atoms in total. The van der Waals surface area contributed by atoms with Crippen LogP contribution in [0.15, 0.2) is 18.3 Å². The lowest BCUT2D eigenvalue weighted by Gasteiger charge is -2.05. The molecule has 0 aliphatic carbocycles. The number of carbonyl (C=O) groups is 1. The third kappa shape index (κ3) is 3.91. The Labute approximate surface area is 98.3 Å². The lowest BCUT2D eigenvalue weighted by atomic mass is 10.2. The van der Waals surface area contributed by atoms with Crippen LogP contribution >= 0.6 is 11.8 Å². The number of carboxylic acid groups (broad SMARTS) is 1. The highest BCUT2D eigenvalue weighted by molar-refractivity contribution is 7.98. The normalized spacial score (nSPS) is 11.8. The van der Waals surface area contributed by atoms with Gasteiger partial charge in [0.25, 0.3) is 0 Å². The van der Waals surface area contributed by atoms with Gasteiger partial charge in [-0.05, 0) is 17.7 Å². The zero-order chi connectivity index (χ0) is 12.0. The summed E-state index contributed by atoms with van der Waals surface area (Å²) in [5, 5.41) is 17.3. The number of hydrogen-bond acceptors (Lipinski definition) is 4. The van der Waals surface area contributed by atoms with Crippen LogP contribution in [0.5, 0.6) is 0 Å². The van der Waals surface area contributed by atoms with Crippen molar-refractivity contribution < 1.29 is 9.90 Å². The fraction of sp³-hybridized carbons (Fsp3) is 0.364. The first kappa shape index (κ1) is 12.5. The number of rotatable bonds is 5. The zero-order valence-electron chi connectivity index (χ0n) is 8.88. The van der Waals surface area contributed by atoms with Crippen LogP contribution < -0.4 is 0 Å². The summed E-state index contributed by atoms with van der Waals surface area (Å²) in [7, 11) is 0. The molecule has 1 heterocycles. The van der Waals surface area contributed by atoms with Crippen LogP contribution in [-0.4, -0.2) is 21.8 Å². The molecule has 0 radical (unpaired) electrons. The zero-order valence-corrected chi connectivity index (χ0v) is 9.70. The Bertz CT molecular complexity index is 415. The first-order chi connectivity index (χ1) is 7.63. The smallest absolute Gasteiger partial charge is 0.307 e. The summed E-state index contributed by atoms with van der Waals surface area (Å²) in [4.78, 5) is 14.4. The van der Waals surface area contributed by atoms with E-state index >= 15 is 0 Å². The van der Waals surface area contributed by atoms with Crippen LogP contribution in [0, 0.1) is 17.2 Å². The molecule has 0 aliphatic rings. The van der Waals surface area contributed by atoms with Gasteiger partial charge in [0.2, 0.25) is 0 Å². The molecular formula is C11H12N2O2S. The van der Waals surface area contributed by atoms with Gasteiger partial charge in [0, 0.05) is 17.7 Å². The van der Waals surface area contributed by atoms with E-state index in [1.165, 1.54) is 0 Å². The second-order valence-electron chi connectivity index (χ2n) is 3.42. The van der Waals surface area contributed by atoms with Gasteiger partial charge in [-0.2, -0.15) is 17.0 Å². The third-order valence-corrected chi connectivity index (χ3v) is 3.27. The van der Waals surface area contributed by atoms with Crippen LogP contribution in [0.2, 0.25) is 0 Å². The second kappa shape index (κ2) is 6.13. The molecule has 1 aromatic rings. The molecule has 0 saturated carbocycles. The molecule has 0 fully saturated rings. The van der Waals surface area contributed by atoms with Crippen molar-refractivity contribution >= 4 is 17.7 Å². The Morgan fingerprint density at radius 2 is 2.50 bits per heavy atom. The Balaban J connectivity index is 2.43. The second-order valence-corrected chi connectivity index (χ2v) is 4.45. The quantitative estimate of drug-likeness (QED) is 0.845. The highest BCUT2D eigenvalue weighted by Crippen LogP contribution is 2.15. The van der Waals surface area contributed by atoms with E-state index in [4.69, 9.17) is 10.4 Å². The van der Waals surface area contributed by atoms with Gasteiger partial charge in [-0.1, -0.05) is 6.92 Å². The maximum atomic E-state index is 10.6. The van der Waals surface area contributed by atoms with Crippen molar-refractivity contribution in [3.05, 3.63) is 29.6 Å². The molecule has 1 rings (SSSR count). The van der Waals surface area contributed by atoms with Crippen LogP contribution in [-0.2, 0) is 10.5 Å². The van der Waals surface area contributed by atoms with Crippen molar-refractivity contribution in [1.29, 1.82) is 5.26 Å². The predicted molar refractivity (Wildman–Crippen MR) is 61.9 cm³/mol. The molecule has 0 spiro atoms. The van der Waals surface area contributed by atoms with Crippen LogP contribution in [0.3, 0.4) is 0 Å². The van der Waals surface area contributed by atoms with Crippen molar-refractivity contribution in [2.75, 3.05) is 5.75 Å². The average molecular weight is 236 g/mol. The molecule has 1 atom stereocenters. The molecule has 0 bridgehead atoms. The average Bonchev–Trinajstić information content (AvgIpc) is 2.29. The van der Waals surface area contributed by atoms with Gasteiger partial charge in [-0.25, -0.2) is 4.98 Å². The Hall–Kier alpha value is -1.54. The Morgan fingerprint density at radius 1 is 1.75 bits per heavy atom. The van der Waals surface area contributed by atoms with Gasteiger partial charge >= 0.3 is 5.97 Å². The van der Waals surface area contributed by atoms with Crippen LogP contribution in [0.25, 0.3) is 0 Å². The molecule has 84 valence electrons. The number of pyridine rings is 1. The molecule has 0 amide bonds. The number of nitrogens with zero attached hydrogens (tertiary/aromatic N) is 2. The molecule has 0 saturated heterocycles. The van der Waals surface area contributed by atoms with Crippen molar-refractivity contribution in [3.63, 3.8) is 0 Å². The number of aromatic nitrogens is 1. The van der Waals surface area contributed by atoms with Gasteiger partial charge < -0.3 is 5.11 Å². The van der Waals surface area contributed by atoms with Crippen molar-refractivity contribution in [1.82, 2.24) is 4.98 Å². The highest BCUT2D eigenvalue weighted by Gasteiger charge is 2.10. The number of carboxylic acids is 1. The Morgan fingerprint density at radius 3 is 3.12 bits per heavy atom. The van der Waals surface area contributed by atoms with Gasteiger partial charge in [0.15, 0.2) is 0 Å². The first-order valence-electron chi connectivity index (χ1n) is 4.79. The molecular weight excluding hydrogens is 224 g/mol. The summed E-state index contributed by atoms with van der Waals surface area (Å²) >= 11 is 1.54. The molecule has 16 heavy (non-hydrogen) atoms. The lowest BCUT2D eigenvalue weighted by molar-refractivity contribution is -0.140. The molecule has 1 unspecified atom stereocenters. The lowest BCUT2D eigenvalue weighted by Crippen LogP contribution is -2.11. The number of nitriles is 1. The van der Waals surface area contributed by atoms with E-state index < -0.39 is 5.97 Å². The van der Waals surface area contributed by atoms with Crippen molar-refractivity contribution in [3.8, 4) is 6.07 Å². The van der Waals surface area contributed by atoms with E-state index in [1.54, 1.807) is 30.9 Å². The molecule has 0 aliphatic heterocycles. The van der Waals surface area contributed by atoms with E-state index in [9.17, 15) is 4.79 Å². The Kier molecular flexibility index (Phi) is 4.80. The summed E-state index contributed by atoms with van der Waals surface area (Å²) in [5.41, 5.74) is 1.39. The fourth-order valence-electron chi connectivity index (χ4n) is 1.05. The monoisotopic (exact) mass is 236 g/mol. The number of aliphatic carboxylic acids is 1. The van der Waals surface area contributed by atoms with E-state index in [0.717, 1.165) is 5.56 Å². The van der Waals surface area contributed by atoms with E-state index in [-0.39, 0.29) is 5.92 Å². The summed E-state index contributed by atoms with van der Waals surface area (Å²) in [6.07, 6.45) is 1.59. The number of thioether (sulfide) groups is 1. The predicted octanol–water partition coefficient (Wildman–Crippen LogP) is 1.91. The first-order valence-corrected chi connectivity index (χ1v) is 5.94. The van der Waals surface area contributed by atoms with Gasteiger partial charge in [0.1, 0.15) is 11.8 Å². The van der Waals surface area contributed by atoms with Crippen molar-refractivity contribution in [2.45, 2.75) is 12.7 Å². The maximum Gasteiger partial charge on any atom is 0.307 e.